The van der Waals surface area contributed by atoms with Crippen molar-refractivity contribution >= 4 is 11.6 Å². The zero-order valence-corrected chi connectivity index (χ0v) is 12.6. The van der Waals surface area contributed by atoms with Crippen molar-refractivity contribution in [1.82, 2.24) is 10.2 Å². The fourth-order valence-electron chi connectivity index (χ4n) is 2.43. The molecule has 0 saturated carbocycles. The Morgan fingerprint density at radius 3 is 2.68 bits per heavy atom. The molecule has 1 aromatic rings. The van der Waals surface area contributed by atoms with Crippen LogP contribution in [0.4, 0.5) is 14.5 Å². The molecule has 118 valence electrons. The maximum atomic E-state index is 13.8. The monoisotopic (exact) mass is 306 g/mol. The van der Waals surface area contributed by atoms with Gasteiger partial charge in [-0.15, -0.1) is 6.42 Å². The second kappa shape index (κ2) is 7.64. The lowest BCUT2D eigenvalue weighted by Gasteiger charge is -2.37. The van der Waals surface area contributed by atoms with Crippen LogP contribution in [0.25, 0.3) is 0 Å². The highest BCUT2D eigenvalue weighted by molar-refractivity contribution is 5.80. The number of halogens is 2. The van der Waals surface area contributed by atoms with Gasteiger partial charge >= 0.3 is 0 Å². The molecular formula is C16H20F2N4. The molecule has 0 aromatic heterocycles. The number of nitrogens with one attached hydrogen (secondary N) is 1. The van der Waals surface area contributed by atoms with Crippen LogP contribution >= 0.6 is 0 Å². The maximum Gasteiger partial charge on any atom is 0.195 e. The second-order valence-electron chi connectivity index (χ2n) is 4.94. The summed E-state index contributed by atoms with van der Waals surface area (Å²) in [4.78, 5) is 8.25. The van der Waals surface area contributed by atoms with Gasteiger partial charge in [0.1, 0.15) is 18.2 Å². The van der Waals surface area contributed by atoms with Gasteiger partial charge in [-0.25, -0.2) is 13.8 Å². The summed E-state index contributed by atoms with van der Waals surface area (Å²) in [5.74, 6) is 2.42. The van der Waals surface area contributed by atoms with E-state index in [1.165, 1.54) is 6.07 Å². The van der Waals surface area contributed by atoms with E-state index in [0.717, 1.165) is 24.6 Å². The van der Waals surface area contributed by atoms with Gasteiger partial charge < -0.3 is 15.1 Å². The van der Waals surface area contributed by atoms with E-state index in [9.17, 15) is 8.78 Å². The van der Waals surface area contributed by atoms with Gasteiger partial charge in [-0.1, -0.05) is 5.92 Å². The molecule has 22 heavy (non-hydrogen) atoms. The molecule has 0 spiro atoms. The predicted octanol–water partition coefficient (Wildman–Crippen LogP) is 1.69. The Hall–Kier alpha value is -2.29. The first kappa shape index (κ1) is 16.1. The number of nitrogens with zero attached hydrogens (tertiary/aromatic N) is 3. The Kier molecular flexibility index (Phi) is 5.59. The lowest BCUT2D eigenvalue weighted by Crippen LogP contribution is -2.52. The fourth-order valence-corrected chi connectivity index (χ4v) is 2.43. The molecular weight excluding hydrogens is 286 g/mol. The number of hydrogen-bond donors (Lipinski definition) is 1. The first-order valence-electron chi connectivity index (χ1n) is 7.32. The van der Waals surface area contributed by atoms with Gasteiger partial charge in [0.15, 0.2) is 5.96 Å². The van der Waals surface area contributed by atoms with E-state index in [1.807, 2.05) is 11.8 Å². The molecule has 2 rings (SSSR count). The topological polar surface area (TPSA) is 30.9 Å². The lowest BCUT2D eigenvalue weighted by atomic mass is 10.2. The summed E-state index contributed by atoms with van der Waals surface area (Å²) < 4.78 is 27.1. The smallest absolute Gasteiger partial charge is 0.195 e. The van der Waals surface area contributed by atoms with E-state index in [-0.39, 0.29) is 0 Å². The van der Waals surface area contributed by atoms with Crippen LogP contribution in [0.2, 0.25) is 0 Å². The van der Waals surface area contributed by atoms with Crippen LogP contribution in [0.5, 0.6) is 0 Å². The lowest BCUT2D eigenvalue weighted by molar-refractivity contribution is 0.371. The van der Waals surface area contributed by atoms with E-state index in [0.29, 0.717) is 38.4 Å². The van der Waals surface area contributed by atoms with E-state index < -0.39 is 11.6 Å². The minimum absolute atomic E-state index is 0.310. The highest BCUT2D eigenvalue weighted by atomic mass is 19.1. The minimum atomic E-state index is -0.428. The third-order valence-corrected chi connectivity index (χ3v) is 3.48. The normalized spacial score (nSPS) is 15.6. The molecule has 1 N–H and O–H groups in total. The molecule has 1 aromatic carbocycles. The van der Waals surface area contributed by atoms with Gasteiger partial charge in [-0.05, 0) is 19.1 Å². The average molecular weight is 306 g/mol. The van der Waals surface area contributed by atoms with Gasteiger partial charge in [0, 0.05) is 38.8 Å². The van der Waals surface area contributed by atoms with E-state index >= 15 is 0 Å². The Morgan fingerprint density at radius 2 is 2.05 bits per heavy atom. The molecule has 1 fully saturated rings. The number of piperazine rings is 1. The Morgan fingerprint density at radius 1 is 1.32 bits per heavy atom. The van der Waals surface area contributed by atoms with Crippen molar-refractivity contribution in [3.8, 4) is 12.3 Å². The highest BCUT2D eigenvalue weighted by Crippen LogP contribution is 2.21. The number of rotatable bonds is 3. The van der Waals surface area contributed by atoms with Crippen LogP contribution in [-0.2, 0) is 0 Å². The Balaban J connectivity index is 2.03. The van der Waals surface area contributed by atoms with Crippen LogP contribution in [0, 0.1) is 24.0 Å². The van der Waals surface area contributed by atoms with Crippen LogP contribution in [0.1, 0.15) is 6.92 Å². The number of benzene rings is 1. The van der Waals surface area contributed by atoms with E-state index in [1.54, 1.807) is 0 Å². The Labute approximate surface area is 129 Å². The first-order chi connectivity index (χ1) is 10.7. The molecule has 4 nitrogen and oxygen atoms in total. The zero-order chi connectivity index (χ0) is 15.9. The molecule has 0 bridgehead atoms. The summed E-state index contributed by atoms with van der Waals surface area (Å²) in [6.45, 7) is 5.60. The molecule has 6 heteroatoms. The van der Waals surface area contributed by atoms with Crippen molar-refractivity contribution in [1.29, 1.82) is 0 Å². The SMILES string of the molecule is C#CCN=C(NCC)N1CCN(c2cc(F)ccc2F)CC1. The van der Waals surface area contributed by atoms with Crippen molar-refractivity contribution in [2.24, 2.45) is 4.99 Å². The highest BCUT2D eigenvalue weighted by Gasteiger charge is 2.21. The van der Waals surface area contributed by atoms with Gasteiger partial charge in [-0.3, -0.25) is 0 Å². The third-order valence-electron chi connectivity index (χ3n) is 3.48. The summed E-state index contributed by atoms with van der Waals surface area (Å²) >= 11 is 0. The molecule has 0 radical (unpaired) electrons. The first-order valence-corrected chi connectivity index (χ1v) is 7.32. The largest absolute Gasteiger partial charge is 0.366 e. The zero-order valence-electron chi connectivity index (χ0n) is 12.6. The molecule has 0 amide bonds. The number of guanidine groups is 1. The predicted molar refractivity (Wildman–Crippen MR) is 85.0 cm³/mol. The molecule has 0 aliphatic carbocycles. The molecule has 0 unspecified atom stereocenters. The number of anilines is 1. The standard InChI is InChI=1S/C16H20F2N4/c1-3-7-20-16(19-4-2)22-10-8-21(9-11-22)15-12-13(17)5-6-14(15)18/h1,5-6,12H,4,7-11H2,2H3,(H,19,20). The van der Waals surface area contributed by atoms with Crippen molar-refractivity contribution in [2.45, 2.75) is 6.92 Å². The maximum absolute atomic E-state index is 13.8. The van der Waals surface area contributed by atoms with Gasteiger partial charge in [0.25, 0.3) is 0 Å². The van der Waals surface area contributed by atoms with Crippen LogP contribution in [0.15, 0.2) is 23.2 Å². The average Bonchev–Trinajstić information content (AvgIpc) is 2.54. The van der Waals surface area contributed by atoms with E-state index in [2.05, 4.69) is 21.1 Å². The van der Waals surface area contributed by atoms with Gasteiger partial charge in [-0.2, -0.15) is 0 Å². The van der Waals surface area contributed by atoms with Crippen LogP contribution < -0.4 is 10.2 Å². The van der Waals surface area contributed by atoms with Crippen molar-refractivity contribution in [3.63, 3.8) is 0 Å². The molecule has 1 aliphatic heterocycles. The summed E-state index contributed by atoms with van der Waals surface area (Å²) in [7, 11) is 0. The third kappa shape index (κ3) is 3.88. The molecule has 1 saturated heterocycles. The van der Waals surface area contributed by atoms with Crippen LogP contribution in [-0.4, -0.2) is 50.1 Å². The summed E-state index contributed by atoms with van der Waals surface area (Å²) in [5.41, 5.74) is 0.310. The summed E-state index contributed by atoms with van der Waals surface area (Å²) in [5, 5.41) is 3.19. The molecule has 1 aliphatic rings. The quantitative estimate of drug-likeness (QED) is 0.524. The van der Waals surface area contributed by atoms with Gasteiger partial charge in [0.2, 0.25) is 0 Å². The molecule has 1 heterocycles. The number of terminal acetylenes is 1. The van der Waals surface area contributed by atoms with Crippen molar-refractivity contribution < 1.29 is 8.78 Å². The van der Waals surface area contributed by atoms with Crippen LogP contribution in [0.3, 0.4) is 0 Å². The minimum Gasteiger partial charge on any atom is -0.366 e. The van der Waals surface area contributed by atoms with Crippen molar-refractivity contribution in [3.05, 3.63) is 29.8 Å². The molecule has 0 atom stereocenters. The summed E-state index contributed by atoms with van der Waals surface area (Å²) in [6.07, 6.45) is 5.24. The number of hydrogen-bond acceptors (Lipinski definition) is 2. The van der Waals surface area contributed by atoms with Gasteiger partial charge in [0.05, 0.1) is 5.69 Å². The Bertz CT molecular complexity index is 572. The van der Waals surface area contributed by atoms with Crippen molar-refractivity contribution in [2.75, 3.05) is 44.2 Å². The second-order valence-corrected chi connectivity index (χ2v) is 4.94. The summed E-state index contributed by atoms with van der Waals surface area (Å²) in [6, 6.07) is 3.53. The number of aliphatic imine (C=N–C) groups is 1. The van der Waals surface area contributed by atoms with E-state index in [4.69, 9.17) is 6.42 Å². The fraction of sp³-hybridized carbons (Fsp3) is 0.438.